The molecule has 0 aromatic carbocycles. The van der Waals surface area contributed by atoms with Crippen LogP contribution in [0.5, 0.6) is 0 Å². The molecule has 116 valence electrons. The zero-order valence-corrected chi connectivity index (χ0v) is 13.3. The number of aryl methyl sites for hydroxylation is 1. The zero-order chi connectivity index (χ0) is 15.2. The number of rotatable bonds is 4. The first-order valence-corrected chi connectivity index (χ1v) is 8.07. The summed E-state index contributed by atoms with van der Waals surface area (Å²) in [6.07, 6.45) is 3.08. The second kappa shape index (κ2) is 7.47. The molecule has 0 aliphatic carbocycles. The highest BCUT2D eigenvalue weighted by Gasteiger charge is 2.15. The summed E-state index contributed by atoms with van der Waals surface area (Å²) in [6, 6.07) is 12.4. The highest BCUT2D eigenvalue weighted by Crippen LogP contribution is 2.10. The highest BCUT2D eigenvalue weighted by atomic mass is 15.2. The number of hydrogen-bond acceptors (Lipinski definition) is 4. The molecule has 1 aliphatic rings. The average molecular weight is 296 g/mol. The minimum atomic E-state index is 0.956. The second-order valence-corrected chi connectivity index (χ2v) is 6.00. The molecule has 0 saturated carbocycles. The van der Waals surface area contributed by atoms with Crippen LogP contribution in [-0.2, 0) is 13.1 Å². The van der Waals surface area contributed by atoms with Gasteiger partial charge >= 0.3 is 0 Å². The van der Waals surface area contributed by atoms with Crippen LogP contribution in [0.2, 0.25) is 0 Å². The van der Waals surface area contributed by atoms with E-state index in [0.29, 0.717) is 0 Å². The highest BCUT2D eigenvalue weighted by molar-refractivity contribution is 5.10. The Morgan fingerprint density at radius 2 is 1.59 bits per heavy atom. The van der Waals surface area contributed by atoms with Crippen LogP contribution in [0.25, 0.3) is 0 Å². The molecule has 1 aliphatic heterocycles. The van der Waals surface area contributed by atoms with E-state index in [9.17, 15) is 0 Å². The van der Waals surface area contributed by atoms with E-state index in [1.807, 2.05) is 12.3 Å². The lowest BCUT2D eigenvalue weighted by Crippen LogP contribution is -2.30. The SMILES string of the molecule is Cc1cccc(CN2CCCN(Cc3ccccn3)CC2)n1. The van der Waals surface area contributed by atoms with Gasteiger partial charge in [0.05, 0.1) is 11.4 Å². The van der Waals surface area contributed by atoms with Gasteiger partial charge in [-0.05, 0) is 50.7 Å². The van der Waals surface area contributed by atoms with Crippen LogP contribution in [-0.4, -0.2) is 45.9 Å². The van der Waals surface area contributed by atoms with E-state index in [2.05, 4.69) is 57.0 Å². The van der Waals surface area contributed by atoms with Crippen molar-refractivity contribution in [1.82, 2.24) is 19.8 Å². The smallest absolute Gasteiger partial charge is 0.0547 e. The quantitative estimate of drug-likeness (QED) is 0.868. The zero-order valence-electron chi connectivity index (χ0n) is 13.3. The molecule has 1 saturated heterocycles. The van der Waals surface area contributed by atoms with Crippen molar-refractivity contribution in [3.05, 3.63) is 59.7 Å². The predicted molar refractivity (Wildman–Crippen MR) is 88.4 cm³/mol. The summed E-state index contributed by atoms with van der Waals surface area (Å²) in [7, 11) is 0. The maximum Gasteiger partial charge on any atom is 0.0547 e. The van der Waals surface area contributed by atoms with Gasteiger partial charge in [0, 0.05) is 38.1 Å². The average Bonchev–Trinajstić information content (AvgIpc) is 2.74. The number of aromatic nitrogens is 2. The normalized spacial score (nSPS) is 17.3. The molecule has 0 radical (unpaired) electrons. The summed E-state index contributed by atoms with van der Waals surface area (Å²) in [5.74, 6) is 0. The van der Waals surface area contributed by atoms with E-state index in [1.54, 1.807) is 0 Å². The minimum absolute atomic E-state index is 0.956. The van der Waals surface area contributed by atoms with Gasteiger partial charge in [-0.25, -0.2) is 0 Å². The van der Waals surface area contributed by atoms with Crippen LogP contribution in [0.15, 0.2) is 42.6 Å². The Hall–Kier alpha value is -1.78. The van der Waals surface area contributed by atoms with Crippen molar-refractivity contribution in [3.8, 4) is 0 Å². The Kier molecular flexibility index (Phi) is 5.14. The third-order valence-corrected chi connectivity index (χ3v) is 4.12. The van der Waals surface area contributed by atoms with Crippen LogP contribution in [0.3, 0.4) is 0 Å². The Morgan fingerprint density at radius 1 is 0.864 bits per heavy atom. The molecule has 4 heteroatoms. The maximum absolute atomic E-state index is 4.62. The monoisotopic (exact) mass is 296 g/mol. The maximum atomic E-state index is 4.62. The molecule has 22 heavy (non-hydrogen) atoms. The standard InChI is InChI=1S/C18H24N4/c1-16-6-4-8-18(20-16)15-22-11-5-10-21(12-13-22)14-17-7-2-3-9-19-17/h2-4,6-9H,5,10-15H2,1H3. The summed E-state index contributed by atoms with van der Waals surface area (Å²) < 4.78 is 0. The molecule has 0 unspecified atom stereocenters. The number of pyridine rings is 2. The van der Waals surface area contributed by atoms with Gasteiger partial charge in [0.25, 0.3) is 0 Å². The predicted octanol–water partition coefficient (Wildman–Crippen LogP) is 2.49. The summed E-state index contributed by atoms with van der Waals surface area (Å²) >= 11 is 0. The molecule has 2 aromatic rings. The molecule has 4 nitrogen and oxygen atoms in total. The van der Waals surface area contributed by atoms with Crippen molar-refractivity contribution in [2.45, 2.75) is 26.4 Å². The molecule has 0 N–H and O–H groups in total. The third-order valence-electron chi connectivity index (χ3n) is 4.12. The number of nitrogens with zero attached hydrogens (tertiary/aromatic N) is 4. The molecule has 1 fully saturated rings. The molecular formula is C18H24N4. The summed E-state index contributed by atoms with van der Waals surface area (Å²) in [5.41, 5.74) is 3.44. The van der Waals surface area contributed by atoms with Crippen molar-refractivity contribution >= 4 is 0 Å². The Morgan fingerprint density at radius 3 is 2.27 bits per heavy atom. The summed E-state index contributed by atoms with van der Waals surface area (Å²) in [4.78, 5) is 14.1. The summed E-state index contributed by atoms with van der Waals surface area (Å²) in [5, 5.41) is 0. The van der Waals surface area contributed by atoms with E-state index in [1.165, 1.54) is 12.1 Å². The fraction of sp³-hybridized carbons (Fsp3) is 0.444. The van der Waals surface area contributed by atoms with E-state index < -0.39 is 0 Å². The molecule has 3 heterocycles. The van der Waals surface area contributed by atoms with Crippen LogP contribution >= 0.6 is 0 Å². The third kappa shape index (κ3) is 4.36. The van der Waals surface area contributed by atoms with E-state index in [0.717, 1.165) is 50.7 Å². The minimum Gasteiger partial charge on any atom is -0.296 e. The van der Waals surface area contributed by atoms with E-state index in [4.69, 9.17) is 0 Å². The molecule has 0 amide bonds. The van der Waals surface area contributed by atoms with Crippen molar-refractivity contribution in [2.24, 2.45) is 0 Å². The Labute approximate surface area is 132 Å². The van der Waals surface area contributed by atoms with Crippen LogP contribution in [0.1, 0.15) is 23.5 Å². The lowest BCUT2D eigenvalue weighted by atomic mass is 10.3. The van der Waals surface area contributed by atoms with Gasteiger partial charge in [-0.15, -0.1) is 0 Å². The molecule has 2 aromatic heterocycles. The summed E-state index contributed by atoms with van der Waals surface area (Å²) in [6.45, 7) is 8.46. The molecule has 0 spiro atoms. The van der Waals surface area contributed by atoms with Crippen LogP contribution < -0.4 is 0 Å². The second-order valence-electron chi connectivity index (χ2n) is 6.00. The largest absolute Gasteiger partial charge is 0.296 e. The molecule has 3 rings (SSSR count). The van der Waals surface area contributed by atoms with Crippen molar-refractivity contribution in [2.75, 3.05) is 26.2 Å². The van der Waals surface area contributed by atoms with Gasteiger partial charge in [-0.1, -0.05) is 12.1 Å². The Bertz CT molecular complexity index is 585. The Balaban J connectivity index is 1.53. The number of hydrogen-bond donors (Lipinski definition) is 0. The van der Waals surface area contributed by atoms with Gasteiger partial charge in [-0.2, -0.15) is 0 Å². The fourth-order valence-electron chi connectivity index (χ4n) is 2.98. The van der Waals surface area contributed by atoms with Crippen molar-refractivity contribution in [3.63, 3.8) is 0 Å². The van der Waals surface area contributed by atoms with Gasteiger partial charge in [-0.3, -0.25) is 19.8 Å². The van der Waals surface area contributed by atoms with Gasteiger partial charge in [0.2, 0.25) is 0 Å². The van der Waals surface area contributed by atoms with Gasteiger partial charge in [0.15, 0.2) is 0 Å². The first-order chi connectivity index (χ1) is 10.8. The topological polar surface area (TPSA) is 32.3 Å². The first kappa shape index (κ1) is 15.1. The first-order valence-electron chi connectivity index (χ1n) is 8.07. The van der Waals surface area contributed by atoms with E-state index in [-0.39, 0.29) is 0 Å². The lowest BCUT2D eigenvalue weighted by molar-refractivity contribution is 0.244. The molecular weight excluding hydrogens is 272 g/mol. The van der Waals surface area contributed by atoms with E-state index >= 15 is 0 Å². The van der Waals surface area contributed by atoms with Crippen molar-refractivity contribution < 1.29 is 0 Å². The van der Waals surface area contributed by atoms with Crippen LogP contribution in [0, 0.1) is 6.92 Å². The van der Waals surface area contributed by atoms with Crippen LogP contribution in [0.4, 0.5) is 0 Å². The van der Waals surface area contributed by atoms with Crippen molar-refractivity contribution in [1.29, 1.82) is 0 Å². The molecule has 0 bridgehead atoms. The fourth-order valence-corrected chi connectivity index (χ4v) is 2.98. The van der Waals surface area contributed by atoms with Gasteiger partial charge < -0.3 is 0 Å². The molecule has 0 atom stereocenters. The lowest BCUT2D eigenvalue weighted by Gasteiger charge is -2.21. The van der Waals surface area contributed by atoms with Gasteiger partial charge in [0.1, 0.15) is 0 Å².